The van der Waals surface area contributed by atoms with Crippen molar-refractivity contribution in [1.29, 1.82) is 0 Å². The van der Waals surface area contributed by atoms with Gasteiger partial charge in [-0.15, -0.1) is 10.2 Å². The Hall–Kier alpha value is -2.26. The van der Waals surface area contributed by atoms with E-state index in [2.05, 4.69) is 31.4 Å². The van der Waals surface area contributed by atoms with Crippen LogP contribution in [0, 0.1) is 6.92 Å². The van der Waals surface area contributed by atoms with Crippen LogP contribution in [-0.4, -0.2) is 26.5 Å². The van der Waals surface area contributed by atoms with Crippen molar-refractivity contribution >= 4 is 39.3 Å². The van der Waals surface area contributed by atoms with Crippen molar-refractivity contribution in [1.82, 2.24) is 14.9 Å². The molecule has 3 aromatic rings. The van der Waals surface area contributed by atoms with E-state index in [9.17, 15) is 4.79 Å². The molecule has 0 saturated heterocycles. The molecule has 24 heavy (non-hydrogen) atoms. The SMILES string of the molecule is Cc1cc(NC(=O)CSc2nnc(-c3ccco3)n2N)ccc1Br. The Labute approximate surface area is 150 Å². The number of halogens is 1. The quantitative estimate of drug-likeness (QED) is 0.497. The van der Waals surface area contributed by atoms with E-state index in [1.165, 1.54) is 22.7 Å². The van der Waals surface area contributed by atoms with Crippen LogP contribution < -0.4 is 11.2 Å². The van der Waals surface area contributed by atoms with E-state index in [1.54, 1.807) is 12.1 Å². The van der Waals surface area contributed by atoms with Gasteiger partial charge in [0.25, 0.3) is 0 Å². The third-order valence-corrected chi connectivity index (χ3v) is 5.01. The molecule has 9 heteroatoms. The number of anilines is 1. The number of nitrogens with two attached hydrogens (primary N) is 1. The molecule has 0 spiro atoms. The van der Waals surface area contributed by atoms with E-state index in [-0.39, 0.29) is 11.7 Å². The zero-order chi connectivity index (χ0) is 17.1. The van der Waals surface area contributed by atoms with Crippen LogP contribution in [0.3, 0.4) is 0 Å². The van der Waals surface area contributed by atoms with Crippen molar-refractivity contribution < 1.29 is 9.21 Å². The molecule has 0 aliphatic carbocycles. The number of aryl methyl sites for hydroxylation is 1. The lowest BCUT2D eigenvalue weighted by atomic mass is 10.2. The topological polar surface area (TPSA) is 99.0 Å². The molecule has 0 bridgehead atoms. The predicted molar refractivity (Wildman–Crippen MR) is 96.1 cm³/mol. The highest BCUT2D eigenvalue weighted by molar-refractivity contribution is 9.10. The van der Waals surface area contributed by atoms with Gasteiger partial charge in [0, 0.05) is 10.2 Å². The first-order valence-electron chi connectivity index (χ1n) is 6.98. The number of amides is 1. The van der Waals surface area contributed by atoms with Crippen molar-refractivity contribution in [2.75, 3.05) is 16.9 Å². The molecule has 7 nitrogen and oxygen atoms in total. The van der Waals surface area contributed by atoms with Gasteiger partial charge in [-0.3, -0.25) is 4.79 Å². The summed E-state index contributed by atoms with van der Waals surface area (Å²) in [6.45, 7) is 1.96. The molecule has 0 fully saturated rings. The summed E-state index contributed by atoms with van der Waals surface area (Å²) >= 11 is 4.63. The molecule has 3 rings (SSSR count). The lowest BCUT2D eigenvalue weighted by Gasteiger charge is -2.07. The third-order valence-electron chi connectivity index (χ3n) is 3.18. The fourth-order valence-electron chi connectivity index (χ4n) is 2.00. The normalized spacial score (nSPS) is 10.8. The minimum Gasteiger partial charge on any atom is -0.461 e. The fourth-order valence-corrected chi connectivity index (χ4v) is 2.90. The molecule has 0 radical (unpaired) electrons. The number of nitrogens with zero attached hydrogens (tertiary/aromatic N) is 3. The molecule has 0 atom stereocenters. The molecule has 1 amide bonds. The first-order chi connectivity index (χ1) is 11.5. The average molecular weight is 408 g/mol. The van der Waals surface area contributed by atoms with Crippen LogP contribution in [0.5, 0.6) is 0 Å². The maximum Gasteiger partial charge on any atom is 0.234 e. The molecule has 1 aromatic carbocycles. The van der Waals surface area contributed by atoms with Gasteiger partial charge in [-0.05, 0) is 42.8 Å². The van der Waals surface area contributed by atoms with E-state index in [0.717, 1.165) is 15.7 Å². The summed E-state index contributed by atoms with van der Waals surface area (Å²) < 4.78 is 7.55. The standard InChI is InChI=1S/C15H14BrN5O2S/c1-9-7-10(4-5-11(9)16)18-13(22)8-24-15-20-19-14(21(15)17)12-3-2-6-23-12/h2-7H,8,17H2,1H3,(H,18,22). The third kappa shape index (κ3) is 3.62. The van der Waals surface area contributed by atoms with Crippen molar-refractivity contribution in [3.63, 3.8) is 0 Å². The number of aromatic nitrogens is 3. The molecule has 0 aliphatic rings. The number of nitrogen functional groups attached to an aromatic ring is 1. The summed E-state index contributed by atoms with van der Waals surface area (Å²) in [5.41, 5.74) is 1.79. The van der Waals surface area contributed by atoms with Gasteiger partial charge in [-0.1, -0.05) is 27.7 Å². The first kappa shape index (κ1) is 16.6. The Morgan fingerprint density at radius 3 is 2.96 bits per heavy atom. The molecule has 2 heterocycles. The number of benzene rings is 1. The van der Waals surface area contributed by atoms with E-state index >= 15 is 0 Å². The number of hydrogen-bond acceptors (Lipinski definition) is 6. The number of thioether (sulfide) groups is 1. The highest BCUT2D eigenvalue weighted by atomic mass is 79.9. The largest absolute Gasteiger partial charge is 0.461 e. The van der Waals surface area contributed by atoms with Crippen LogP contribution in [-0.2, 0) is 4.79 Å². The summed E-state index contributed by atoms with van der Waals surface area (Å²) in [5, 5.41) is 11.2. The van der Waals surface area contributed by atoms with Crippen LogP contribution in [0.25, 0.3) is 11.6 Å². The van der Waals surface area contributed by atoms with Crippen LogP contribution in [0.1, 0.15) is 5.56 Å². The van der Waals surface area contributed by atoms with Gasteiger partial charge >= 0.3 is 0 Å². The highest BCUT2D eigenvalue weighted by Gasteiger charge is 2.15. The van der Waals surface area contributed by atoms with Crippen molar-refractivity contribution in [2.24, 2.45) is 0 Å². The Morgan fingerprint density at radius 2 is 2.25 bits per heavy atom. The monoisotopic (exact) mass is 407 g/mol. The molecule has 3 N–H and O–H groups in total. The minimum atomic E-state index is -0.149. The van der Waals surface area contributed by atoms with Crippen molar-refractivity contribution in [2.45, 2.75) is 12.1 Å². The maximum atomic E-state index is 12.1. The number of furan rings is 1. The smallest absolute Gasteiger partial charge is 0.234 e. The molecular weight excluding hydrogens is 394 g/mol. The summed E-state index contributed by atoms with van der Waals surface area (Å²) in [4.78, 5) is 12.1. The summed E-state index contributed by atoms with van der Waals surface area (Å²) in [5.74, 6) is 6.89. The van der Waals surface area contributed by atoms with Gasteiger partial charge in [0.2, 0.25) is 16.9 Å². The van der Waals surface area contributed by atoms with Crippen LogP contribution in [0.4, 0.5) is 5.69 Å². The van der Waals surface area contributed by atoms with Crippen LogP contribution >= 0.6 is 27.7 Å². The number of hydrogen-bond donors (Lipinski definition) is 2. The highest BCUT2D eigenvalue weighted by Crippen LogP contribution is 2.23. The summed E-state index contributed by atoms with van der Waals surface area (Å²) in [6, 6.07) is 9.10. The summed E-state index contributed by atoms with van der Waals surface area (Å²) in [6.07, 6.45) is 1.53. The van der Waals surface area contributed by atoms with Crippen LogP contribution in [0.2, 0.25) is 0 Å². The van der Waals surface area contributed by atoms with Crippen molar-refractivity contribution in [3.8, 4) is 11.6 Å². The van der Waals surface area contributed by atoms with Gasteiger partial charge in [-0.2, -0.15) is 0 Å². The van der Waals surface area contributed by atoms with E-state index in [0.29, 0.717) is 16.7 Å². The van der Waals surface area contributed by atoms with Gasteiger partial charge in [0.1, 0.15) is 0 Å². The number of carbonyl (C=O) groups excluding carboxylic acids is 1. The number of rotatable bonds is 5. The van der Waals surface area contributed by atoms with Gasteiger partial charge in [0.15, 0.2) is 5.76 Å². The molecular formula is C15H14BrN5O2S. The lowest BCUT2D eigenvalue weighted by molar-refractivity contribution is -0.113. The van der Waals surface area contributed by atoms with E-state index in [1.807, 2.05) is 25.1 Å². The molecule has 0 saturated carbocycles. The Kier molecular flexibility index (Phi) is 4.91. The van der Waals surface area contributed by atoms with Gasteiger partial charge < -0.3 is 15.6 Å². The molecule has 124 valence electrons. The second-order valence-electron chi connectivity index (χ2n) is 4.95. The average Bonchev–Trinajstić information content (AvgIpc) is 3.19. The maximum absolute atomic E-state index is 12.1. The lowest BCUT2D eigenvalue weighted by Crippen LogP contribution is -2.16. The zero-order valence-corrected chi connectivity index (χ0v) is 15.1. The van der Waals surface area contributed by atoms with E-state index in [4.69, 9.17) is 10.3 Å². The first-order valence-corrected chi connectivity index (χ1v) is 8.75. The van der Waals surface area contributed by atoms with E-state index < -0.39 is 0 Å². The second-order valence-corrected chi connectivity index (χ2v) is 6.75. The minimum absolute atomic E-state index is 0.149. The predicted octanol–water partition coefficient (Wildman–Crippen LogP) is 3.05. The fraction of sp³-hybridized carbons (Fsp3) is 0.133. The molecule has 0 unspecified atom stereocenters. The zero-order valence-electron chi connectivity index (χ0n) is 12.7. The Bertz CT molecular complexity index is 863. The molecule has 0 aliphatic heterocycles. The Morgan fingerprint density at radius 1 is 1.42 bits per heavy atom. The van der Waals surface area contributed by atoms with Gasteiger partial charge in [-0.25, -0.2) is 4.68 Å². The van der Waals surface area contributed by atoms with Crippen molar-refractivity contribution in [3.05, 3.63) is 46.6 Å². The van der Waals surface area contributed by atoms with Gasteiger partial charge in [0.05, 0.1) is 12.0 Å². The number of nitrogens with one attached hydrogen (secondary N) is 1. The molecule has 2 aromatic heterocycles. The number of carbonyl (C=O) groups is 1. The van der Waals surface area contributed by atoms with Crippen LogP contribution in [0.15, 0.2) is 50.6 Å². The summed E-state index contributed by atoms with van der Waals surface area (Å²) in [7, 11) is 0. The second kappa shape index (κ2) is 7.10. The Balaban J connectivity index is 1.61.